The summed E-state index contributed by atoms with van der Waals surface area (Å²) in [6.45, 7) is 4.27. The summed E-state index contributed by atoms with van der Waals surface area (Å²) < 4.78 is 0. The van der Waals surface area contributed by atoms with Crippen LogP contribution in [0.15, 0.2) is 48.5 Å². The van der Waals surface area contributed by atoms with E-state index < -0.39 is 0 Å². The van der Waals surface area contributed by atoms with Gasteiger partial charge in [-0.15, -0.1) is 0 Å². The fourth-order valence-electron chi connectivity index (χ4n) is 2.64. The van der Waals surface area contributed by atoms with Gasteiger partial charge in [-0.2, -0.15) is 0 Å². The minimum absolute atomic E-state index is 0.848. The van der Waals surface area contributed by atoms with Crippen molar-refractivity contribution < 1.29 is 0 Å². The Bertz CT molecular complexity index is 549. The van der Waals surface area contributed by atoms with E-state index in [4.69, 9.17) is 5.73 Å². The molecule has 0 saturated carbocycles. The van der Waals surface area contributed by atoms with Crippen LogP contribution in [-0.2, 0) is 19.3 Å². The summed E-state index contributed by atoms with van der Waals surface area (Å²) in [6.07, 6.45) is 4.52. The second kappa shape index (κ2) is 8.48. The molecule has 0 spiro atoms. The van der Waals surface area contributed by atoms with Crippen molar-refractivity contribution in [3.63, 3.8) is 0 Å². The summed E-state index contributed by atoms with van der Waals surface area (Å²) in [4.78, 5) is 0. The number of nitrogens with two attached hydrogens (primary N) is 1. The van der Waals surface area contributed by atoms with Crippen molar-refractivity contribution in [3.8, 4) is 0 Å². The lowest BCUT2D eigenvalue weighted by molar-refractivity contribution is 0.678. The molecule has 112 valence electrons. The van der Waals surface area contributed by atoms with Gasteiger partial charge in [-0.3, -0.25) is 0 Å². The Labute approximate surface area is 128 Å². The first-order valence-electron chi connectivity index (χ1n) is 7.91. The van der Waals surface area contributed by atoms with Crippen molar-refractivity contribution >= 4 is 5.69 Å². The molecule has 2 aromatic rings. The second-order valence-corrected chi connectivity index (χ2v) is 5.51. The van der Waals surface area contributed by atoms with Gasteiger partial charge in [-0.05, 0) is 61.2 Å². The normalized spacial score (nSPS) is 10.7. The van der Waals surface area contributed by atoms with E-state index in [-0.39, 0.29) is 0 Å². The third-order valence-corrected chi connectivity index (χ3v) is 3.75. The predicted octanol–water partition coefficient (Wildman–Crippen LogP) is 3.60. The predicted molar refractivity (Wildman–Crippen MR) is 91.6 cm³/mol. The number of aryl methyl sites for hydroxylation is 1. The first-order chi connectivity index (χ1) is 10.3. The molecule has 0 amide bonds. The SMILES string of the molecule is CCCc1ccccc1CCNCCc1cccc(N)c1. The van der Waals surface area contributed by atoms with Crippen LogP contribution in [0, 0.1) is 0 Å². The molecule has 21 heavy (non-hydrogen) atoms. The minimum atomic E-state index is 0.848. The highest BCUT2D eigenvalue weighted by atomic mass is 14.8. The average molecular weight is 282 g/mol. The van der Waals surface area contributed by atoms with E-state index in [0.717, 1.165) is 31.6 Å². The lowest BCUT2D eigenvalue weighted by Crippen LogP contribution is -2.20. The molecule has 0 unspecified atom stereocenters. The highest BCUT2D eigenvalue weighted by molar-refractivity contribution is 5.40. The van der Waals surface area contributed by atoms with Crippen molar-refractivity contribution in [1.82, 2.24) is 5.32 Å². The summed E-state index contributed by atoms with van der Waals surface area (Å²) in [5.41, 5.74) is 10.9. The standard InChI is InChI=1S/C19H26N2/c1-2-6-17-8-3-4-9-18(17)12-14-21-13-11-16-7-5-10-19(20)15-16/h3-5,7-10,15,21H,2,6,11-14,20H2,1H3. The molecule has 2 nitrogen and oxygen atoms in total. The molecule has 0 aliphatic carbocycles. The van der Waals surface area contributed by atoms with E-state index in [0.29, 0.717) is 0 Å². The largest absolute Gasteiger partial charge is 0.399 e. The maximum atomic E-state index is 5.79. The van der Waals surface area contributed by atoms with Crippen LogP contribution in [0.2, 0.25) is 0 Å². The molecule has 2 rings (SSSR count). The van der Waals surface area contributed by atoms with Gasteiger partial charge in [0.15, 0.2) is 0 Å². The molecule has 3 N–H and O–H groups in total. The Morgan fingerprint density at radius 3 is 2.29 bits per heavy atom. The van der Waals surface area contributed by atoms with E-state index in [1.54, 1.807) is 0 Å². The molecule has 2 heteroatoms. The van der Waals surface area contributed by atoms with Crippen LogP contribution in [0.25, 0.3) is 0 Å². The number of hydrogen-bond acceptors (Lipinski definition) is 2. The van der Waals surface area contributed by atoms with Gasteiger partial charge >= 0.3 is 0 Å². The highest BCUT2D eigenvalue weighted by Gasteiger charge is 2.00. The van der Waals surface area contributed by atoms with Crippen LogP contribution < -0.4 is 11.1 Å². The van der Waals surface area contributed by atoms with Gasteiger partial charge in [0.2, 0.25) is 0 Å². The zero-order valence-corrected chi connectivity index (χ0v) is 12.9. The molecule has 0 aliphatic rings. The summed E-state index contributed by atoms with van der Waals surface area (Å²) in [7, 11) is 0. The molecule has 0 aliphatic heterocycles. The van der Waals surface area contributed by atoms with Gasteiger partial charge in [-0.25, -0.2) is 0 Å². The van der Waals surface area contributed by atoms with Crippen molar-refractivity contribution in [2.75, 3.05) is 18.8 Å². The Hall–Kier alpha value is -1.80. The quantitative estimate of drug-likeness (QED) is 0.573. The molecule has 0 bridgehead atoms. The lowest BCUT2D eigenvalue weighted by atomic mass is 10.0. The van der Waals surface area contributed by atoms with E-state index in [1.165, 1.54) is 29.5 Å². The zero-order chi connectivity index (χ0) is 14.9. The summed E-state index contributed by atoms with van der Waals surface area (Å²) in [5, 5.41) is 3.53. The van der Waals surface area contributed by atoms with E-state index in [2.05, 4.69) is 48.6 Å². The summed E-state index contributed by atoms with van der Waals surface area (Å²) >= 11 is 0. The van der Waals surface area contributed by atoms with Crippen LogP contribution in [0.1, 0.15) is 30.0 Å². The molecule has 0 saturated heterocycles. The van der Waals surface area contributed by atoms with E-state index in [1.807, 2.05) is 12.1 Å². The molecule has 0 fully saturated rings. The molecule has 2 aromatic carbocycles. The fraction of sp³-hybridized carbons (Fsp3) is 0.368. The van der Waals surface area contributed by atoms with Gasteiger partial charge in [-0.1, -0.05) is 49.7 Å². The zero-order valence-electron chi connectivity index (χ0n) is 12.9. The van der Waals surface area contributed by atoms with Crippen LogP contribution in [0.5, 0.6) is 0 Å². The number of nitrogen functional groups attached to an aromatic ring is 1. The number of benzene rings is 2. The fourth-order valence-corrected chi connectivity index (χ4v) is 2.64. The Morgan fingerprint density at radius 1 is 0.857 bits per heavy atom. The van der Waals surface area contributed by atoms with Crippen LogP contribution in [-0.4, -0.2) is 13.1 Å². The molecular weight excluding hydrogens is 256 g/mol. The Kier molecular flexibility index (Phi) is 6.29. The van der Waals surface area contributed by atoms with Crippen LogP contribution in [0.3, 0.4) is 0 Å². The number of hydrogen-bond donors (Lipinski definition) is 2. The maximum absolute atomic E-state index is 5.79. The Balaban J connectivity index is 1.72. The topological polar surface area (TPSA) is 38.0 Å². The van der Waals surface area contributed by atoms with Gasteiger partial charge in [0.05, 0.1) is 0 Å². The smallest absolute Gasteiger partial charge is 0.0316 e. The van der Waals surface area contributed by atoms with Gasteiger partial charge < -0.3 is 11.1 Å². The van der Waals surface area contributed by atoms with Crippen molar-refractivity contribution in [3.05, 3.63) is 65.2 Å². The second-order valence-electron chi connectivity index (χ2n) is 5.51. The molecule has 0 heterocycles. The van der Waals surface area contributed by atoms with E-state index >= 15 is 0 Å². The molecule has 0 aromatic heterocycles. The summed E-state index contributed by atoms with van der Waals surface area (Å²) in [5.74, 6) is 0. The van der Waals surface area contributed by atoms with Gasteiger partial charge in [0.25, 0.3) is 0 Å². The Morgan fingerprint density at radius 2 is 1.57 bits per heavy atom. The van der Waals surface area contributed by atoms with E-state index in [9.17, 15) is 0 Å². The monoisotopic (exact) mass is 282 g/mol. The van der Waals surface area contributed by atoms with Crippen molar-refractivity contribution in [1.29, 1.82) is 0 Å². The molecule has 0 atom stereocenters. The first-order valence-corrected chi connectivity index (χ1v) is 7.91. The van der Waals surface area contributed by atoms with Gasteiger partial charge in [0, 0.05) is 5.69 Å². The lowest BCUT2D eigenvalue weighted by Gasteiger charge is -2.09. The van der Waals surface area contributed by atoms with Crippen LogP contribution >= 0.6 is 0 Å². The summed E-state index contributed by atoms with van der Waals surface area (Å²) in [6, 6.07) is 16.9. The number of nitrogens with one attached hydrogen (secondary N) is 1. The molecule has 0 radical (unpaired) electrons. The third kappa shape index (κ3) is 5.24. The maximum Gasteiger partial charge on any atom is 0.0316 e. The third-order valence-electron chi connectivity index (χ3n) is 3.75. The average Bonchev–Trinajstić information content (AvgIpc) is 2.49. The van der Waals surface area contributed by atoms with Crippen LogP contribution in [0.4, 0.5) is 5.69 Å². The molecular formula is C19H26N2. The van der Waals surface area contributed by atoms with Crippen molar-refractivity contribution in [2.45, 2.75) is 32.6 Å². The van der Waals surface area contributed by atoms with Crippen molar-refractivity contribution in [2.24, 2.45) is 0 Å². The van der Waals surface area contributed by atoms with Gasteiger partial charge in [0.1, 0.15) is 0 Å². The first kappa shape index (κ1) is 15.6. The number of anilines is 1. The minimum Gasteiger partial charge on any atom is -0.399 e. The highest BCUT2D eigenvalue weighted by Crippen LogP contribution is 2.11. The number of rotatable bonds is 8.